The third kappa shape index (κ3) is 3.73. The number of Topliss-reactive ketones (excluding diaryl/α,β-unsaturated/α-hetero) is 1. The highest BCUT2D eigenvalue weighted by atomic mass is 35.5. The van der Waals surface area contributed by atoms with E-state index in [1.54, 1.807) is 37.3 Å². The number of ether oxygens (including phenoxy) is 1. The Hall–Kier alpha value is -4.26. The number of rotatable bonds is 6. The molecule has 4 aromatic carbocycles. The van der Waals surface area contributed by atoms with Gasteiger partial charge in [-0.15, -0.1) is 23.2 Å². The van der Waals surface area contributed by atoms with E-state index in [4.69, 9.17) is 27.9 Å². The zero-order valence-electron chi connectivity index (χ0n) is 23.0. The van der Waals surface area contributed by atoms with Crippen LogP contribution in [0.25, 0.3) is 0 Å². The van der Waals surface area contributed by atoms with Crippen molar-refractivity contribution >= 4 is 52.5 Å². The number of imide groups is 1. The summed E-state index contributed by atoms with van der Waals surface area (Å²) in [6.45, 7) is 1.77. The largest absolute Gasteiger partial charge is 0.450 e. The molecule has 4 aliphatic rings. The van der Waals surface area contributed by atoms with Crippen LogP contribution in [0.2, 0.25) is 0 Å². The summed E-state index contributed by atoms with van der Waals surface area (Å²) in [5.74, 6) is -3.72. The van der Waals surface area contributed by atoms with E-state index in [1.165, 1.54) is 24.3 Å². The molecular formula is C35H25Cl2NO5. The number of carbonyl (C=O) groups is 4. The van der Waals surface area contributed by atoms with Crippen molar-refractivity contribution in [2.45, 2.75) is 29.2 Å². The number of halogens is 2. The quantitative estimate of drug-likeness (QED) is 0.106. The zero-order chi connectivity index (χ0) is 30.1. The average Bonchev–Trinajstić information content (AvgIpc) is 3.33. The minimum atomic E-state index is -1.28. The molecule has 8 rings (SSSR count). The molecule has 2 bridgehead atoms. The van der Waals surface area contributed by atoms with Crippen molar-refractivity contribution in [3.05, 3.63) is 137 Å². The van der Waals surface area contributed by atoms with Gasteiger partial charge in [0.1, 0.15) is 9.75 Å². The monoisotopic (exact) mass is 609 g/mol. The van der Waals surface area contributed by atoms with Crippen LogP contribution < -0.4 is 4.90 Å². The van der Waals surface area contributed by atoms with Crippen molar-refractivity contribution in [2.24, 2.45) is 11.8 Å². The van der Waals surface area contributed by atoms with Crippen LogP contribution >= 0.6 is 23.2 Å². The summed E-state index contributed by atoms with van der Waals surface area (Å²) in [6, 6.07) is 29.6. The lowest BCUT2D eigenvalue weighted by atomic mass is 9.54. The van der Waals surface area contributed by atoms with Crippen LogP contribution in [0.5, 0.6) is 0 Å². The summed E-state index contributed by atoms with van der Waals surface area (Å²) in [6.07, 6.45) is -0.639. The molecule has 6 nitrogen and oxygen atoms in total. The van der Waals surface area contributed by atoms with E-state index >= 15 is 0 Å². The highest BCUT2D eigenvalue weighted by Crippen LogP contribution is 2.69. The normalized spacial score (nSPS) is 25.5. The summed E-state index contributed by atoms with van der Waals surface area (Å²) in [5.41, 5.74) is 3.83. The van der Waals surface area contributed by atoms with E-state index in [1.807, 2.05) is 48.5 Å². The van der Waals surface area contributed by atoms with E-state index in [2.05, 4.69) is 0 Å². The van der Waals surface area contributed by atoms with E-state index in [0.29, 0.717) is 17.7 Å². The molecule has 1 heterocycles. The number of alkyl halides is 2. The summed E-state index contributed by atoms with van der Waals surface area (Å²) in [4.78, 5) is 52.7. The standard InChI is InChI=1S/C35H25Cl2NO5/c1-2-27(30(39)20-10-4-3-5-11-20)43-33(42)21-16-18-22(19-17-21)38-31(40)28-29(32(38)41)35(37)24-13-7-6-12-23(24)34(28,36)25-14-8-9-15-26(25)35/h3-19,27-29H,2H2,1H3/t27-,28+,29+,34?,35?/m0/s1. The van der Waals surface area contributed by atoms with Gasteiger partial charge in [0, 0.05) is 5.56 Å². The first-order valence-electron chi connectivity index (χ1n) is 14.1. The topological polar surface area (TPSA) is 80.8 Å². The first kappa shape index (κ1) is 27.6. The number of ketones is 1. The Morgan fingerprint density at radius 1 is 0.698 bits per heavy atom. The molecule has 4 aromatic rings. The summed E-state index contributed by atoms with van der Waals surface area (Å²) < 4.78 is 5.55. The molecule has 43 heavy (non-hydrogen) atoms. The maximum absolute atomic E-state index is 14.2. The lowest BCUT2D eigenvalue weighted by Crippen LogP contribution is -2.57. The molecule has 1 aliphatic heterocycles. The highest BCUT2D eigenvalue weighted by Gasteiger charge is 2.73. The smallest absolute Gasteiger partial charge is 0.338 e. The molecule has 8 heteroatoms. The Balaban J connectivity index is 1.20. The highest BCUT2D eigenvalue weighted by molar-refractivity contribution is 6.38. The molecule has 2 amide bonds. The van der Waals surface area contributed by atoms with Gasteiger partial charge >= 0.3 is 5.97 Å². The van der Waals surface area contributed by atoms with Crippen molar-refractivity contribution < 1.29 is 23.9 Å². The maximum atomic E-state index is 14.2. The van der Waals surface area contributed by atoms with E-state index in [0.717, 1.165) is 27.2 Å². The Morgan fingerprint density at radius 3 is 1.58 bits per heavy atom. The Labute approximate surface area is 258 Å². The number of hydrogen-bond acceptors (Lipinski definition) is 5. The van der Waals surface area contributed by atoms with E-state index in [-0.39, 0.29) is 11.3 Å². The molecule has 3 atom stereocenters. The van der Waals surface area contributed by atoms with Crippen LogP contribution in [0, 0.1) is 11.8 Å². The number of hydrogen-bond donors (Lipinski definition) is 0. The Morgan fingerprint density at radius 2 is 1.14 bits per heavy atom. The van der Waals surface area contributed by atoms with Crippen LogP contribution in [0.4, 0.5) is 5.69 Å². The van der Waals surface area contributed by atoms with Crippen molar-refractivity contribution in [1.29, 1.82) is 0 Å². The van der Waals surface area contributed by atoms with Crippen molar-refractivity contribution in [3.63, 3.8) is 0 Å². The van der Waals surface area contributed by atoms with Crippen LogP contribution in [0.1, 0.15) is 56.3 Å². The van der Waals surface area contributed by atoms with Crippen LogP contribution in [0.3, 0.4) is 0 Å². The fraction of sp³-hybridized carbons (Fsp3) is 0.200. The third-order valence-corrected chi connectivity index (χ3v) is 10.2. The van der Waals surface area contributed by atoms with Gasteiger partial charge in [-0.05, 0) is 52.9 Å². The second kappa shape index (κ2) is 9.90. The number of carbonyl (C=O) groups excluding carboxylic acids is 4. The van der Waals surface area contributed by atoms with Crippen LogP contribution in [-0.4, -0.2) is 29.7 Å². The molecule has 0 N–H and O–H groups in total. The first-order chi connectivity index (χ1) is 20.7. The number of anilines is 1. The maximum Gasteiger partial charge on any atom is 0.338 e. The van der Waals surface area contributed by atoms with Gasteiger partial charge in [0.05, 0.1) is 23.1 Å². The zero-order valence-corrected chi connectivity index (χ0v) is 24.5. The van der Waals surface area contributed by atoms with Crippen molar-refractivity contribution in [1.82, 2.24) is 0 Å². The van der Waals surface area contributed by atoms with Gasteiger partial charge in [-0.1, -0.05) is 85.8 Å². The Bertz CT molecular complexity index is 1700. The van der Waals surface area contributed by atoms with Gasteiger partial charge < -0.3 is 4.74 Å². The molecule has 0 saturated carbocycles. The predicted molar refractivity (Wildman–Crippen MR) is 162 cm³/mol. The molecule has 0 aromatic heterocycles. The van der Waals surface area contributed by atoms with Gasteiger partial charge in [0.25, 0.3) is 0 Å². The second-order valence-corrected chi connectivity index (χ2v) is 12.3. The molecule has 3 aliphatic carbocycles. The summed E-state index contributed by atoms with van der Waals surface area (Å²) in [7, 11) is 0. The van der Waals surface area contributed by atoms with E-state index < -0.39 is 45.5 Å². The van der Waals surface area contributed by atoms with Gasteiger partial charge in [0.2, 0.25) is 17.6 Å². The first-order valence-corrected chi connectivity index (χ1v) is 14.8. The molecular weight excluding hydrogens is 585 g/mol. The molecule has 214 valence electrons. The van der Waals surface area contributed by atoms with E-state index in [9.17, 15) is 19.2 Å². The third-order valence-electron chi connectivity index (χ3n) is 8.92. The SMILES string of the molecule is CC[C@H](OC(=O)c1ccc(N2C(=O)[C@H]3[C@H](C2=O)C2(Cl)c4ccccc4C3(Cl)c3ccccc32)cc1)C(=O)c1ccccc1. The fourth-order valence-electron chi connectivity index (χ4n) is 6.98. The summed E-state index contributed by atoms with van der Waals surface area (Å²) >= 11 is 15.0. The fourth-order valence-corrected chi connectivity index (χ4v) is 8.07. The number of benzene rings is 4. The second-order valence-electron chi connectivity index (χ2n) is 11.1. The lowest BCUT2D eigenvalue weighted by molar-refractivity contribution is -0.122. The predicted octanol–water partition coefficient (Wildman–Crippen LogP) is 6.60. The minimum absolute atomic E-state index is 0.182. The van der Waals surface area contributed by atoms with Gasteiger partial charge in [-0.2, -0.15) is 0 Å². The van der Waals surface area contributed by atoms with Gasteiger partial charge in [-0.3, -0.25) is 14.4 Å². The molecule has 0 radical (unpaired) electrons. The molecule has 0 unspecified atom stereocenters. The number of nitrogens with zero attached hydrogens (tertiary/aromatic N) is 1. The van der Waals surface area contributed by atoms with Crippen molar-refractivity contribution in [3.8, 4) is 0 Å². The number of esters is 1. The van der Waals surface area contributed by atoms with Gasteiger partial charge in [-0.25, -0.2) is 9.69 Å². The molecule has 0 spiro atoms. The average molecular weight is 610 g/mol. The van der Waals surface area contributed by atoms with Crippen LogP contribution in [0.15, 0.2) is 103 Å². The van der Waals surface area contributed by atoms with Crippen molar-refractivity contribution in [2.75, 3.05) is 4.90 Å². The summed E-state index contributed by atoms with van der Waals surface area (Å²) in [5, 5.41) is 0. The number of amides is 2. The minimum Gasteiger partial charge on any atom is -0.450 e. The van der Waals surface area contributed by atoms with Gasteiger partial charge in [0.15, 0.2) is 6.10 Å². The van der Waals surface area contributed by atoms with Crippen LogP contribution in [-0.2, 0) is 24.1 Å². The molecule has 1 saturated heterocycles. The Kier molecular flexibility index (Phi) is 6.35. The lowest BCUT2D eigenvalue weighted by Gasteiger charge is -2.54. The molecule has 1 fully saturated rings.